The van der Waals surface area contributed by atoms with Crippen molar-refractivity contribution in [2.75, 3.05) is 13.2 Å². The van der Waals surface area contributed by atoms with Crippen LogP contribution in [-0.2, 0) is 16.0 Å². The van der Waals surface area contributed by atoms with Crippen LogP contribution in [0.4, 0.5) is 4.79 Å². The van der Waals surface area contributed by atoms with E-state index in [0.717, 1.165) is 28.6 Å². The van der Waals surface area contributed by atoms with Gasteiger partial charge in [-0.3, -0.25) is 9.69 Å². The van der Waals surface area contributed by atoms with Gasteiger partial charge in [0, 0.05) is 28.2 Å². The highest BCUT2D eigenvalue weighted by molar-refractivity contribution is 6.31. The lowest BCUT2D eigenvalue weighted by molar-refractivity contribution is -0.139. The first-order valence-corrected chi connectivity index (χ1v) is 9.39. The molecule has 1 aromatic heterocycles. The molecule has 7 heteroatoms. The molecule has 1 unspecified atom stereocenters. The lowest BCUT2D eigenvalue weighted by atomic mass is 9.61. The van der Waals surface area contributed by atoms with Gasteiger partial charge in [-0.25, -0.2) is 4.79 Å². The van der Waals surface area contributed by atoms with Crippen LogP contribution in [0.3, 0.4) is 0 Å². The van der Waals surface area contributed by atoms with Gasteiger partial charge in [0.25, 0.3) is 0 Å². The summed E-state index contributed by atoms with van der Waals surface area (Å²) in [6.07, 6.45) is 2.57. The standard InChI is InChI=1S/C19H22ClN3O3/c1-2-26-18(25)23-9-6-12-13-10-11(20)4-5-14(13)22-15(12)16(23)19(17(21)24)7-3-8-19/h4-5,10,16,22H,2-3,6-9H2,1H3,(H2,21,24). The van der Waals surface area contributed by atoms with E-state index in [2.05, 4.69) is 4.98 Å². The second-order valence-corrected chi connectivity index (χ2v) is 7.56. The Bertz CT molecular complexity index is 888. The summed E-state index contributed by atoms with van der Waals surface area (Å²) in [6.45, 7) is 2.56. The number of nitrogens with zero attached hydrogens (tertiary/aromatic N) is 1. The predicted octanol–water partition coefficient (Wildman–Crippen LogP) is 3.53. The first-order chi connectivity index (χ1) is 12.5. The Balaban J connectivity index is 1.89. The summed E-state index contributed by atoms with van der Waals surface area (Å²) in [7, 11) is 0. The van der Waals surface area contributed by atoms with E-state index < -0.39 is 17.6 Å². The Morgan fingerprint density at radius 2 is 2.19 bits per heavy atom. The van der Waals surface area contributed by atoms with Crippen molar-refractivity contribution < 1.29 is 14.3 Å². The van der Waals surface area contributed by atoms with E-state index in [1.807, 2.05) is 18.2 Å². The van der Waals surface area contributed by atoms with Gasteiger partial charge in [-0.05, 0) is 49.9 Å². The number of carbonyl (C=O) groups is 2. The number of rotatable bonds is 3. The van der Waals surface area contributed by atoms with Gasteiger partial charge in [0.1, 0.15) is 0 Å². The third-order valence-corrected chi connectivity index (χ3v) is 6.09. The number of amides is 2. The fourth-order valence-electron chi connectivity index (χ4n) is 4.45. The van der Waals surface area contributed by atoms with Crippen LogP contribution < -0.4 is 5.73 Å². The number of hydrogen-bond donors (Lipinski definition) is 2. The Hall–Kier alpha value is -2.21. The molecule has 26 heavy (non-hydrogen) atoms. The molecule has 1 atom stereocenters. The molecule has 1 aromatic carbocycles. The fourth-order valence-corrected chi connectivity index (χ4v) is 4.62. The van der Waals surface area contributed by atoms with Crippen molar-refractivity contribution in [1.82, 2.24) is 9.88 Å². The van der Waals surface area contributed by atoms with Crippen LogP contribution in [0.1, 0.15) is 43.5 Å². The van der Waals surface area contributed by atoms with E-state index in [4.69, 9.17) is 22.1 Å². The number of fused-ring (bicyclic) bond motifs is 3. The molecule has 1 aliphatic carbocycles. The number of ether oxygens (including phenoxy) is 1. The Kier molecular flexibility index (Phi) is 4.10. The second-order valence-electron chi connectivity index (χ2n) is 7.13. The summed E-state index contributed by atoms with van der Waals surface area (Å²) >= 11 is 6.18. The number of H-pyrrole nitrogens is 1. The van der Waals surface area contributed by atoms with Gasteiger partial charge < -0.3 is 15.5 Å². The third kappa shape index (κ3) is 2.39. The van der Waals surface area contributed by atoms with Crippen LogP contribution >= 0.6 is 11.6 Å². The van der Waals surface area contributed by atoms with Gasteiger partial charge in [0.15, 0.2) is 0 Å². The monoisotopic (exact) mass is 375 g/mol. The number of nitrogens with two attached hydrogens (primary N) is 1. The number of carbonyl (C=O) groups excluding carboxylic acids is 2. The van der Waals surface area contributed by atoms with Gasteiger partial charge >= 0.3 is 6.09 Å². The van der Waals surface area contributed by atoms with Gasteiger partial charge in [-0.15, -0.1) is 0 Å². The van der Waals surface area contributed by atoms with Gasteiger partial charge in [-0.2, -0.15) is 0 Å². The summed E-state index contributed by atoms with van der Waals surface area (Å²) in [6, 6.07) is 5.26. The minimum absolute atomic E-state index is 0.292. The van der Waals surface area contributed by atoms with E-state index in [-0.39, 0.29) is 5.91 Å². The molecule has 2 heterocycles. The van der Waals surface area contributed by atoms with Gasteiger partial charge in [0.05, 0.1) is 18.1 Å². The normalized spacial score (nSPS) is 21.2. The number of hydrogen-bond acceptors (Lipinski definition) is 3. The van der Waals surface area contributed by atoms with Crippen molar-refractivity contribution in [3.63, 3.8) is 0 Å². The fraction of sp³-hybridized carbons (Fsp3) is 0.474. The highest BCUT2D eigenvalue weighted by Crippen LogP contribution is 2.55. The summed E-state index contributed by atoms with van der Waals surface area (Å²) in [5.41, 5.74) is 8.03. The van der Waals surface area contributed by atoms with Gasteiger partial charge in [0.2, 0.25) is 5.91 Å². The summed E-state index contributed by atoms with van der Waals surface area (Å²) < 4.78 is 5.26. The van der Waals surface area contributed by atoms with Gasteiger partial charge in [-0.1, -0.05) is 18.0 Å². The summed E-state index contributed by atoms with van der Waals surface area (Å²) in [4.78, 5) is 30.1. The van der Waals surface area contributed by atoms with Crippen LogP contribution in [0.15, 0.2) is 18.2 Å². The Labute approximate surface area is 156 Å². The van der Waals surface area contributed by atoms with Crippen molar-refractivity contribution in [2.24, 2.45) is 11.1 Å². The molecule has 0 saturated heterocycles. The minimum Gasteiger partial charge on any atom is -0.450 e. The highest BCUT2D eigenvalue weighted by Gasteiger charge is 2.55. The van der Waals surface area contributed by atoms with E-state index >= 15 is 0 Å². The number of aromatic nitrogens is 1. The van der Waals surface area contributed by atoms with Crippen LogP contribution in [0.2, 0.25) is 5.02 Å². The number of primary amides is 1. The highest BCUT2D eigenvalue weighted by atomic mass is 35.5. The lowest BCUT2D eigenvalue weighted by Crippen LogP contribution is -2.56. The molecule has 0 radical (unpaired) electrons. The predicted molar refractivity (Wildman–Crippen MR) is 99.0 cm³/mol. The molecule has 3 N–H and O–H groups in total. The number of aromatic amines is 1. The van der Waals surface area contributed by atoms with E-state index in [9.17, 15) is 9.59 Å². The smallest absolute Gasteiger partial charge is 0.410 e. The molecule has 4 rings (SSSR count). The average molecular weight is 376 g/mol. The molecule has 2 aliphatic rings. The average Bonchev–Trinajstić information content (AvgIpc) is 2.92. The molecule has 0 bridgehead atoms. The van der Waals surface area contributed by atoms with Crippen molar-refractivity contribution in [2.45, 2.75) is 38.6 Å². The first-order valence-electron chi connectivity index (χ1n) is 9.01. The van der Waals surface area contributed by atoms with Crippen molar-refractivity contribution in [3.05, 3.63) is 34.5 Å². The molecule has 0 spiro atoms. The van der Waals surface area contributed by atoms with Crippen LogP contribution in [0.5, 0.6) is 0 Å². The minimum atomic E-state index is -0.743. The maximum Gasteiger partial charge on any atom is 0.410 e. The molecule has 1 saturated carbocycles. The van der Waals surface area contributed by atoms with Crippen LogP contribution in [0, 0.1) is 5.41 Å². The molecule has 2 aromatic rings. The van der Waals surface area contributed by atoms with Crippen molar-refractivity contribution in [3.8, 4) is 0 Å². The molecule has 138 valence electrons. The zero-order valence-electron chi connectivity index (χ0n) is 14.7. The van der Waals surface area contributed by atoms with Crippen LogP contribution in [0.25, 0.3) is 10.9 Å². The Morgan fingerprint density at radius 1 is 1.42 bits per heavy atom. The van der Waals surface area contributed by atoms with E-state index in [1.54, 1.807) is 11.8 Å². The number of nitrogens with one attached hydrogen (secondary N) is 1. The lowest BCUT2D eigenvalue weighted by Gasteiger charge is -2.50. The van der Waals surface area contributed by atoms with E-state index in [0.29, 0.717) is 37.4 Å². The summed E-state index contributed by atoms with van der Waals surface area (Å²) in [5.74, 6) is -0.354. The van der Waals surface area contributed by atoms with E-state index in [1.165, 1.54) is 0 Å². The largest absolute Gasteiger partial charge is 0.450 e. The molecule has 2 amide bonds. The maximum absolute atomic E-state index is 12.6. The topological polar surface area (TPSA) is 88.4 Å². The Morgan fingerprint density at radius 3 is 2.81 bits per heavy atom. The zero-order valence-corrected chi connectivity index (χ0v) is 15.4. The zero-order chi connectivity index (χ0) is 18.5. The number of halogens is 1. The third-order valence-electron chi connectivity index (χ3n) is 5.85. The molecule has 1 fully saturated rings. The van der Waals surface area contributed by atoms with Crippen LogP contribution in [-0.4, -0.2) is 35.0 Å². The molecule has 1 aliphatic heterocycles. The van der Waals surface area contributed by atoms with Crippen molar-refractivity contribution in [1.29, 1.82) is 0 Å². The number of benzene rings is 1. The summed E-state index contributed by atoms with van der Waals surface area (Å²) in [5, 5.41) is 1.71. The maximum atomic E-state index is 12.6. The SMILES string of the molecule is CCOC(=O)N1CCc2c([nH]c3ccc(Cl)cc23)C1C1(C(N)=O)CCC1. The van der Waals surface area contributed by atoms with Crippen molar-refractivity contribution >= 4 is 34.5 Å². The first kappa shape index (κ1) is 17.2. The second kappa shape index (κ2) is 6.20. The molecule has 6 nitrogen and oxygen atoms in total. The molecular weight excluding hydrogens is 354 g/mol. The quantitative estimate of drug-likeness (QED) is 0.860. The molecular formula is C19H22ClN3O3.